The van der Waals surface area contributed by atoms with E-state index in [2.05, 4.69) is 12.2 Å². The van der Waals surface area contributed by atoms with Crippen LogP contribution in [-0.2, 0) is 16.9 Å². The molecular weight excluding hydrogens is 414 g/mol. The van der Waals surface area contributed by atoms with Crippen LogP contribution in [0.5, 0.6) is 0 Å². The van der Waals surface area contributed by atoms with Gasteiger partial charge in [-0.05, 0) is 24.8 Å². The number of benzene rings is 1. The molecule has 1 fully saturated rings. The molecule has 1 aliphatic heterocycles. The van der Waals surface area contributed by atoms with Crippen LogP contribution in [0.2, 0.25) is 0 Å². The smallest absolute Gasteiger partial charge is 0.271 e. The number of carbonyl (C=O) groups excluding carboxylic acids is 2. The fourth-order valence-corrected chi connectivity index (χ4v) is 5.66. The third-order valence-corrected chi connectivity index (χ3v) is 7.35. The lowest BCUT2D eigenvalue weighted by Crippen LogP contribution is -2.64. The van der Waals surface area contributed by atoms with Gasteiger partial charge in [0.25, 0.3) is 11.8 Å². The standard InChI is InChI=1S/C27H33N3O3/c1-2-16-30-25(31)23-18-24-22(15-17-33-24)29(23)19-27(30,20-11-7-6-8-12-20)26(32)28-21-13-9-4-3-5-10-14-21/h6-8,11-12,15,17-18,21H,2-5,9-10,13-14,16,19H2,1H3,(H,28,32)/t27-/m1/s1. The van der Waals surface area contributed by atoms with Crippen LogP contribution in [0.1, 0.15) is 74.3 Å². The molecule has 5 rings (SSSR count). The van der Waals surface area contributed by atoms with Crippen LogP contribution in [0.3, 0.4) is 0 Å². The van der Waals surface area contributed by atoms with Crippen molar-refractivity contribution in [1.29, 1.82) is 0 Å². The maximum Gasteiger partial charge on any atom is 0.271 e. The molecule has 2 aromatic heterocycles. The van der Waals surface area contributed by atoms with E-state index in [1.165, 1.54) is 19.3 Å². The zero-order chi connectivity index (χ0) is 22.8. The first-order valence-electron chi connectivity index (χ1n) is 12.4. The highest BCUT2D eigenvalue weighted by atomic mass is 16.3. The second-order valence-electron chi connectivity index (χ2n) is 9.48. The van der Waals surface area contributed by atoms with Gasteiger partial charge in [0, 0.05) is 24.7 Å². The summed E-state index contributed by atoms with van der Waals surface area (Å²) in [6, 6.07) is 13.7. The molecule has 1 saturated carbocycles. The van der Waals surface area contributed by atoms with Crippen LogP contribution in [0.25, 0.3) is 11.1 Å². The molecule has 1 N–H and O–H groups in total. The molecule has 0 unspecified atom stereocenters. The highest BCUT2D eigenvalue weighted by molar-refractivity contribution is 6.03. The Bertz CT molecular complexity index is 1120. The van der Waals surface area contributed by atoms with Gasteiger partial charge in [0.2, 0.25) is 0 Å². The minimum atomic E-state index is -1.10. The number of nitrogens with zero attached hydrogens (tertiary/aromatic N) is 2. The van der Waals surface area contributed by atoms with Gasteiger partial charge in [-0.25, -0.2) is 0 Å². The molecule has 6 nitrogen and oxygen atoms in total. The number of fused-ring (bicyclic) bond motifs is 3. The first-order valence-corrected chi connectivity index (χ1v) is 12.4. The van der Waals surface area contributed by atoms with Crippen molar-refractivity contribution in [2.24, 2.45) is 0 Å². The van der Waals surface area contributed by atoms with E-state index in [0.717, 1.165) is 43.2 Å². The van der Waals surface area contributed by atoms with E-state index in [4.69, 9.17) is 4.42 Å². The van der Waals surface area contributed by atoms with E-state index in [0.29, 0.717) is 24.4 Å². The zero-order valence-electron chi connectivity index (χ0n) is 19.4. The summed E-state index contributed by atoms with van der Waals surface area (Å²) in [5.41, 5.74) is 1.87. The first-order chi connectivity index (χ1) is 16.1. The fourth-order valence-electron chi connectivity index (χ4n) is 5.66. The van der Waals surface area contributed by atoms with Gasteiger partial charge in [-0.1, -0.05) is 69.4 Å². The van der Waals surface area contributed by atoms with Crippen LogP contribution < -0.4 is 5.32 Å². The summed E-state index contributed by atoms with van der Waals surface area (Å²) in [4.78, 5) is 29.9. The van der Waals surface area contributed by atoms with Crippen molar-refractivity contribution in [3.8, 4) is 0 Å². The molecule has 2 amide bonds. The third kappa shape index (κ3) is 3.75. The average Bonchev–Trinajstić information content (AvgIpc) is 3.40. The number of aromatic nitrogens is 1. The molecule has 0 saturated heterocycles. The zero-order valence-corrected chi connectivity index (χ0v) is 19.4. The summed E-state index contributed by atoms with van der Waals surface area (Å²) in [6.07, 6.45) is 10.4. The maximum atomic E-state index is 14.3. The van der Waals surface area contributed by atoms with Gasteiger partial charge in [0.1, 0.15) is 5.69 Å². The lowest BCUT2D eigenvalue weighted by atomic mass is 9.83. The summed E-state index contributed by atoms with van der Waals surface area (Å²) in [6.45, 7) is 2.94. The number of hydrogen-bond acceptors (Lipinski definition) is 3. The number of furan rings is 1. The Labute approximate surface area is 194 Å². The minimum absolute atomic E-state index is 0.0722. The van der Waals surface area contributed by atoms with Crippen molar-refractivity contribution in [3.63, 3.8) is 0 Å². The lowest BCUT2D eigenvalue weighted by molar-refractivity contribution is -0.135. The number of hydrogen-bond donors (Lipinski definition) is 1. The average molecular weight is 448 g/mol. The Morgan fingerprint density at radius 1 is 1.09 bits per heavy atom. The molecule has 3 heterocycles. The van der Waals surface area contributed by atoms with Crippen LogP contribution in [0, 0.1) is 0 Å². The second-order valence-corrected chi connectivity index (χ2v) is 9.48. The Balaban J connectivity index is 1.61. The van der Waals surface area contributed by atoms with E-state index in [1.54, 1.807) is 11.2 Å². The van der Waals surface area contributed by atoms with Crippen molar-refractivity contribution < 1.29 is 14.0 Å². The van der Waals surface area contributed by atoms with Gasteiger partial charge in [-0.2, -0.15) is 0 Å². The highest BCUT2D eigenvalue weighted by Crippen LogP contribution is 2.39. The Kier molecular flexibility index (Phi) is 6.00. The van der Waals surface area contributed by atoms with Crippen molar-refractivity contribution in [3.05, 3.63) is 60.0 Å². The van der Waals surface area contributed by atoms with Crippen LogP contribution in [0.4, 0.5) is 0 Å². The largest absolute Gasteiger partial charge is 0.463 e. The van der Waals surface area contributed by atoms with Gasteiger partial charge in [-0.3, -0.25) is 9.59 Å². The van der Waals surface area contributed by atoms with Crippen LogP contribution in [0.15, 0.2) is 53.1 Å². The van der Waals surface area contributed by atoms with Crippen molar-refractivity contribution in [1.82, 2.24) is 14.8 Å². The van der Waals surface area contributed by atoms with Gasteiger partial charge in [0.15, 0.2) is 11.1 Å². The van der Waals surface area contributed by atoms with Gasteiger partial charge < -0.3 is 19.2 Å². The third-order valence-electron chi connectivity index (χ3n) is 7.35. The monoisotopic (exact) mass is 447 g/mol. The Morgan fingerprint density at radius 2 is 1.82 bits per heavy atom. The fraction of sp³-hybridized carbons (Fsp3) is 0.481. The van der Waals surface area contributed by atoms with Crippen molar-refractivity contribution in [2.75, 3.05) is 6.54 Å². The number of nitrogens with one attached hydrogen (secondary N) is 1. The van der Waals surface area contributed by atoms with E-state index < -0.39 is 5.54 Å². The van der Waals surface area contributed by atoms with Gasteiger partial charge in [0.05, 0.1) is 18.3 Å². The maximum absolute atomic E-state index is 14.3. The lowest BCUT2D eigenvalue weighted by Gasteiger charge is -2.47. The predicted octanol–water partition coefficient (Wildman–Crippen LogP) is 5.22. The van der Waals surface area contributed by atoms with E-state index in [9.17, 15) is 9.59 Å². The van der Waals surface area contributed by atoms with Crippen molar-refractivity contribution >= 4 is 22.9 Å². The topological polar surface area (TPSA) is 67.5 Å². The number of amides is 2. The molecule has 1 aliphatic carbocycles. The minimum Gasteiger partial charge on any atom is -0.463 e. The first kappa shape index (κ1) is 21.8. The molecule has 0 spiro atoms. The Hall–Kier alpha value is -3.02. The molecule has 3 aromatic rings. The Morgan fingerprint density at radius 3 is 2.55 bits per heavy atom. The quantitative estimate of drug-likeness (QED) is 0.583. The molecule has 174 valence electrons. The van der Waals surface area contributed by atoms with E-state index >= 15 is 0 Å². The summed E-state index contributed by atoms with van der Waals surface area (Å²) in [7, 11) is 0. The molecule has 1 atom stereocenters. The van der Waals surface area contributed by atoms with Gasteiger partial charge >= 0.3 is 0 Å². The molecule has 0 radical (unpaired) electrons. The van der Waals surface area contributed by atoms with Gasteiger partial charge in [-0.15, -0.1) is 0 Å². The second kappa shape index (κ2) is 9.08. The SMILES string of the molecule is CCCN1C(=O)c2cc3occc3n2C[C@]1(C(=O)NC1CCCCCCC1)c1ccccc1. The summed E-state index contributed by atoms with van der Waals surface area (Å²) in [5.74, 6) is -0.191. The summed E-state index contributed by atoms with van der Waals surface area (Å²) in [5, 5.41) is 3.40. The molecule has 2 aliphatic rings. The predicted molar refractivity (Wildman–Crippen MR) is 128 cm³/mol. The van der Waals surface area contributed by atoms with E-state index in [1.807, 2.05) is 47.0 Å². The molecular formula is C27H33N3O3. The summed E-state index contributed by atoms with van der Waals surface area (Å²) >= 11 is 0. The highest BCUT2D eigenvalue weighted by Gasteiger charge is 2.52. The molecule has 6 heteroatoms. The summed E-state index contributed by atoms with van der Waals surface area (Å²) < 4.78 is 7.57. The molecule has 1 aromatic carbocycles. The number of carbonyl (C=O) groups is 2. The van der Waals surface area contributed by atoms with Crippen molar-refractivity contribution in [2.45, 2.75) is 76.4 Å². The number of rotatable bonds is 5. The molecule has 33 heavy (non-hydrogen) atoms. The van der Waals surface area contributed by atoms with E-state index in [-0.39, 0.29) is 17.9 Å². The van der Waals surface area contributed by atoms with Crippen LogP contribution in [-0.4, -0.2) is 33.9 Å². The normalized spacial score (nSPS) is 22.1. The molecule has 0 bridgehead atoms. The van der Waals surface area contributed by atoms with Crippen LogP contribution >= 0.6 is 0 Å².